The second kappa shape index (κ2) is 59.2. The van der Waals surface area contributed by atoms with Gasteiger partial charge >= 0.3 is 11.9 Å². The molecule has 0 unspecified atom stereocenters. The number of nitrogens with two attached hydrogens (primary N) is 1. The highest BCUT2D eigenvalue weighted by Gasteiger charge is 2.26. The van der Waals surface area contributed by atoms with E-state index in [0.29, 0.717) is 100 Å². The number of ether oxygens (including phenoxy) is 7. The molecule has 0 radical (unpaired) electrons. The number of phenolic OH excluding ortho intramolecular Hbond substituents is 4. The Morgan fingerprint density at radius 3 is 1.43 bits per heavy atom. The van der Waals surface area contributed by atoms with E-state index in [-0.39, 0.29) is 78.1 Å². The Morgan fingerprint density at radius 2 is 0.992 bits per heavy atom. The number of methoxy groups -OCH3 is 4. The summed E-state index contributed by atoms with van der Waals surface area (Å²) in [6, 6.07) is 46.1. The highest BCUT2D eigenvalue weighted by molar-refractivity contribution is 8.03. The molecule has 9 aromatic rings. The van der Waals surface area contributed by atoms with Crippen molar-refractivity contribution < 1.29 is 74.9 Å². The summed E-state index contributed by atoms with van der Waals surface area (Å²) in [6.45, 7) is 35.6. The number of amidine groups is 1. The van der Waals surface area contributed by atoms with Crippen LogP contribution >= 0.6 is 24.0 Å². The molecule has 31 heteroatoms. The zero-order valence-electron chi connectivity index (χ0n) is 72.3. The molecule has 2 aliphatic rings. The minimum atomic E-state index is -0.815. The number of hydrazine groups is 1. The second-order valence-electron chi connectivity index (χ2n) is 28.7. The number of esters is 1. The van der Waals surface area contributed by atoms with Gasteiger partial charge < -0.3 is 80.4 Å². The number of hydrogen-bond acceptors (Lipinski definition) is 25. The SMILES string of the molecule is C.C.C.C.CCOC(=O)C(=O)NCCN1CCOCC1.COc1ccc(-n2c(C(=O)NCCN3CCOCC3)nnc2-c2cc(C(C)C)c(C)cc2O)cc1.COc1ccc(N=C(NN)c2cc(C(C)C)c(C)cc2O)cc1.COc1ccc(NC(=S)c2cc(C(C)C)c(C)cc2O)cc1.COc1ccc(SC#N)cc1.Cc1cc(O)ccc1C(C)C.N=N.O.[HH]. The molecule has 11 rings (SSSR count). The molecule has 0 spiro atoms. The zero-order chi connectivity index (χ0) is 88.5. The lowest BCUT2D eigenvalue weighted by molar-refractivity contribution is -0.154. The van der Waals surface area contributed by atoms with Crippen molar-refractivity contribution in [1.29, 1.82) is 16.3 Å². The summed E-state index contributed by atoms with van der Waals surface area (Å²) in [4.78, 5) is 45.6. The van der Waals surface area contributed by atoms with Gasteiger partial charge in [-0.3, -0.25) is 24.0 Å². The van der Waals surface area contributed by atoms with Crippen LogP contribution in [0, 0.1) is 49.4 Å². The minimum absolute atomic E-state index is 0. The molecule has 0 saturated carbocycles. The average Bonchev–Trinajstić information content (AvgIpc) is 1.61. The lowest BCUT2D eigenvalue weighted by Crippen LogP contribution is -2.42. The van der Waals surface area contributed by atoms with E-state index in [9.17, 15) is 29.7 Å². The third kappa shape index (κ3) is 36.2. The number of nitriles is 1. The van der Waals surface area contributed by atoms with E-state index >= 15 is 0 Å². The summed E-state index contributed by atoms with van der Waals surface area (Å²) in [7, 11) is 6.46. The number of hydrogen-bond donors (Lipinski definition) is 11. The van der Waals surface area contributed by atoms with Gasteiger partial charge in [-0.25, -0.2) is 26.7 Å². The molecule has 2 amide bonds. The first-order valence-corrected chi connectivity index (χ1v) is 40.5. The Morgan fingerprint density at radius 1 is 0.576 bits per heavy atom. The maximum absolute atomic E-state index is 13.2. The maximum Gasteiger partial charge on any atom is 0.396 e. The lowest BCUT2D eigenvalue weighted by Gasteiger charge is -2.26. The number of morpholine rings is 2. The third-order valence-corrected chi connectivity index (χ3v) is 19.9. The Labute approximate surface area is 751 Å². The van der Waals surface area contributed by atoms with E-state index < -0.39 is 11.9 Å². The van der Waals surface area contributed by atoms with E-state index in [1.54, 1.807) is 70.3 Å². The number of aromatic nitrogens is 3. The molecule has 2 fully saturated rings. The van der Waals surface area contributed by atoms with Crippen LogP contribution < -0.4 is 46.2 Å². The Bertz CT molecular complexity index is 4790. The molecule has 29 nitrogen and oxygen atoms in total. The van der Waals surface area contributed by atoms with Gasteiger partial charge in [0.05, 0.1) is 83.9 Å². The number of nitrogens with zero attached hydrogens (tertiary/aromatic N) is 7. The van der Waals surface area contributed by atoms with Crippen LogP contribution in [0.1, 0.15) is 183 Å². The fraction of sp³-hybridized carbons (Fsp3) is 0.404. The van der Waals surface area contributed by atoms with Crippen molar-refractivity contribution in [3.05, 3.63) is 213 Å². The molecule has 2 aliphatic heterocycles. The smallest absolute Gasteiger partial charge is 0.396 e. The number of anilines is 1. The zero-order valence-corrected chi connectivity index (χ0v) is 74.0. The first kappa shape index (κ1) is 113. The number of aromatic hydroxyl groups is 4. The molecular weight excluding hydrogens is 1630 g/mol. The van der Waals surface area contributed by atoms with Gasteiger partial charge in [-0.1, -0.05) is 103 Å². The summed E-state index contributed by atoms with van der Waals surface area (Å²) in [6.07, 6.45) is 0. The summed E-state index contributed by atoms with van der Waals surface area (Å²) < 4.78 is 37.3. The van der Waals surface area contributed by atoms with Gasteiger partial charge in [-0.2, -0.15) is 5.26 Å². The molecule has 3 heterocycles. The number of amides is 2. The van der Waals surface area contributed by atoms with Crippen LogP contribution in [-0.4, -0.2) is 193 Å². The molecule has 125 heavy (non-hydrogen) atoms. The van der Waals surface area contributed by atoms with Crippen LogP contribution in [0.4, 0.5) is 11.4 Å². The van der Waals surface area contributed by atoms with Crippen LogP contribution in [0.3, 0.4) is 0 Å². The van der Waals surface area contributed by atoms with Crippen molar-refractivity contribution in [3.8, 4) is 68.5 Å². The van der Waals surface area contributed by atoms with Crippen molar-refractivity contribution in [2.75, 3.05) is 119 Å². The van der Waals surface area contributed by atoms with E-state index in [1.807, 2.05) is 154 Å². The fourth-order valence-electron chi connectivity index (χ4n) is 12.6. The van der Waals surface area contributed by atoms with E-state index in [1.165, 1.54) is 16.7 Å². The van der Waals surface area contributed by atoms with Gasteiger partial charge in [0.25, 0.3) is 5.91 Å². The molecular formula is C94H138N14O15S2. The number of phenols is 4. The largest absolute Gasteiger partial charge is 0.508 e. The molecule has 0 aliphatic carbocycles. The predicted molar refractivity (Wildman–Crippen MR) is 509 cm³/mol. The number of aryl methyl sites for hydroxylation is 4. The number of thiocarbonyl (C=S) groups is 1. The standard InChI is InChI=1S/C26H33N5O4.C18H23N3O2.C18H21NO2S.C10H18N2O4.C10H14O.C8H7NOS.4CH4.H2N2.H2O.H2/c1-17(2)21-16-22(23(32)15-18(21)3)24-28-29-25(31(24)19-5-7-20(34-4)8-6-19)26(33)27-9-10-30-11-13-35-14-12-30;1-11(2)15-10-16(17(22)9-12(15)3)18(21-19)20-13-5-7-14(23-4)8-6-13;1-11(2)15-10-16(17(20)9-12(15)3)18(22)19-13-5-7-14(21-4)8-6-13;1-2-16-10(14)9(13)11-3-4-12-5-7-15-8-6-12;1-7(2)10-5-4-9(11)6-8(10)3;1-10-7-2-4-8(5-3-7)11-6-9;;;;;1-2;;/h5-8,15-17,32H,9-14H2,1-4H3,(H,27,33);5-11,22H,19H2,1-4H3,(H,20,21);5-11,20H,1-4H3,(H,19,22);2-8H2,1H3,(H,11,13);4-7,11H,1-3H3;2-5H,1H3;4*1H4;1-2H;1H2;1H. The molecule has 0 atom stereocenters. The van der Waals surface area contributed by atoms with Crippen molar-refractivity contribution in [2.24, 2.45) is 10.8 Å². The van der Waals surface area contributed by atoms with Crippen molar-refractivity contribution in [2.45, 2.75) is 148 Å². The average molecular weight is 1770 g/mol. The van der Waals surface area contributed by atoms with Crippen LogP contribution in [0.2, 0.25) is 0 Å². The number of carbonyl (C=O) groups excluding carboxylic acids is 3. The molecule has 686 valence electrons. The number of aliphatic imine (C=N–C) groups is 1. The molecule has 14 N–H and O–H groups in total. The Balaban J connectivity index is 0. The molecule has 1 aromatic heterocycles. The quantitative estimate of drug-likeness (QED) is 0.00271. The topological polar surface area (TPSA) is 423 Å². The number of thioether (sulfide) groups is 1. The molecule has 2 saturated heterocycles. The second-order valence-corrected chi connectivity index (χ2v) is 30.0. The number of nitrogens with one attached hydrogen (secondary N) is 6. The molecule has 0 bridgehead atoms. The normalized spacial score (nSPS) is 11.9. The summed E-state index contributed by atoms with van der Waals surface area (Å²) in [5, 5.41) is 67.9. The van der Waals surface area contributed by atoms with Crippen LogP contribution in [0.25, 0.3) is 17.1 Å². The summed E-state index contributed by atoms with van der Waals surface area (Å²) in [5.41, 5.74) is 25.6. The summed E-state index contributed by atoms with van der Waals surface area (Å²) in [5.74, 6) is 10.1. The highest BCUT2D eigenvalue weighted by atomic mass is 32.2. The summed E-state index contributed by atoms with van der Waals surface area (Å²) >= 11 is 6.58. The van der Waals surface area contributed by atoms with Crippen LogP contribution in [-0.2, 0) is 23.8 Å². The lowest BCUT2D eigenvalue weighted by atomic mass is 9.95. The molecule has 8 aromatic carbocycles. The predicted octanol–water partition coefficient (Wildman–Crippen LogP) is 17.8. The van der Waals surface area contributed by atoms with Gasteiger partial charge in [-0.15, -0.1) is 10.2 Å². The van der Waals surface area contributed by atoms with E-state index in [4.69, 9.17) is 67.9 Å². The highest BCUT2D eigenvalue weighted by Crippen LogP contribution is 2.37. The van der Waals surface area contributed by atoms with Gasteiger partial charge in [-0.05, 0) is 260 Å². The van der Waals surface area contributed by atoms with Gasteiger partial charge in [0.15, 0.2) is 11.7 Å². The van der Waals surface area contributed by atoms with Gasteiger partial charge in [0, 0.05) is 70.1 Å². The number of carbonyl (C=O) groups is 3. The van der Waals surface area contributed by atoms with E-state index in [2.05, 4.69) is 106 Å². The van der Waals surface area contributed by atoms with E-state index in [0.717, 1.165) is 120 Å². The monoisotopic (exact) mass is 1770 g/mol. The number of thiocyanates is 1. The van der Waals surface area contributed by atoms with Gasteiger partial charge in [0.1, 0.15) is 56.4 Å². The van der Waals surface area contributed by atoms with Gasteiger partial charge in [0.2, 0.25) is 5.82 Å². The van der Waals surface area contributed by atoms with Crippen molar-refractivity contribution >= 4 is 64.0 Å². The first-order valence-electron chi connectivity index (χ1n) is 39.3. The fourth-order valence-corrected chi connectivity index (χ4v) is 13.3. The Hall–Kier alpha value is -11.7. The Kier molecular flexibility index (Phi) is 53.6. The first-order chi connectivity index (χ1) is 57.5. The number of benzene rings is 8. The van der Waals surface area contributed by atoms with Crippen molar-refractivity contribution in [3.63, 3.8) is 0 Å². The van der Waals surface area contributed by atoms with Crippen molar-refractivity contribution in [1.82, 2.24) is 40.6 Å². The van der Waals surface area contributed by atoms with Crippen LogP contribution in [0.5, 0.6) is 46.0 Å². The van der Waals surface area contributed by atoms with Crippen LogP contribution in [0.15, 0.2) is 162 Å². The number of rotatable bonds is 23. The minimum Gasteiger partial charge on any atom is -0.508 e. The maximum atomic E-state index is 13.2. The third-order valence-electron chi connectivity index (χ3n) is 18.9.